The summed E-state index contributed by atoms with van der Waals surface area (Å²) in [7, 11) is 0. The first kappa shape index (κ1) is 9.25. The Balaban J connectivity index is 3.04. The van der Waals surface area contributed by atoms with Gasteiger partial charge in [-0.25, -0.2) is 0 Å². The number of carboxylic acid groups (broad SMARTS) is 1. The molecule has 0 aromatic heterocycles. The van der Waals surface area contributed by atoms with E-state index >= 15 is 0 Å². The molecule has 0 fully saturated rings. The van der Waals surface area contributed by atoms with Crippen LogP contribution in [0.15, 0.2) is 24.3 Å². The molecule has 13 heavy (non-hydrogen) atoms. The lowest BCUT2D eigenvalue weighted by Crippen LogP contribution is -2.14. The van der Waals surface area contributed by atoms with Gasteiger partial charge in [-0.3, -0.25) is 9.59 Å². The molecular formula is C9H8NO3. The highest BCUT2D eigenvalue weighted by molar-refractivity contribution is 5.97. The quantitative estimate of drug-likeness (QED) is 0.703. The fourth-order valence-electron chi connectivity index (χ4n) is 0.980. The number of hydrogen-bond donors (Lipinski definition) is 2. The van der Waals surface area contributed by atoms with Crippen LogP contribution in [0.2, 0.25) is 0 Å². The molecular weight excluding hydrogens is 170 g/mol. The maximum absolute atomic E-state index is 10.8. The molecule has 0 bridgehead atoms. The van der Waals surface area contributed by atoms with Crippen molar-refractivity contribution < 1.29 is 14.7 Å². The second-order valence-electron chi connectivity index (χ2n) is 2.43. The average molecular weight is 178 g/mol. The second kappa shape index (κ2) is 3.71. The fraction of sp³-hybridized carbons (Fsp3) is 0. The fourth-order valence-corrected chi connectivity index (χ4v) is 0.980. The summed E-state index contributed by atoms with van der Waals surface area (Å²) in [4.78, 5) is 21.1. The molecule has 0 aliphatic rings. The summed E-state index contributed by atoms with van der Waals surface area (Å²) < 4.78 is 0. The summed E-state index contributed by atoms with van der Waals surface area (Å²) in [6.07, 6.45) is 0.945. The Labute approximate surface area is 75.0 Å². The normalized spacial score (nSPS) is 9.54. The van der Waals surface area contributed by atoms with Crippen LogP contribution in [0.25, 0.3) is 0 Å². The summed E-state index contributed by atoms with van der Waals surface area (Å²) in [5.74, 6) is -1.73. The lowest BCUT2D eigenvalue weighted by molar-refractivity contribution is -0.132. The molecule has 0 saturated heterocycles. The van der Waals surface area contributed by atoms with Crippen molar-refractivity contribution in [2.75, 3.05) is 0 Å². The summed E-state index contributed by atoms with van der Waals surface area (Å²) in [5.41, 5.74) is 5.57. The van der Waals surface area contributed by atoms with Crippen molar-refractivity contribution in [2.45, 2.75) is 0 Å². The lowest BCUT2D eigenvalue weighted by atomic mass is 10.0. The van der Waals surface area contributed by atoms with E-state index in [1.54, 1.807) is 12.1 Å². The zero-order chi connectivity index (χ0) is 9.84. The van der Waals surface area contributed by atoms with Gasteiger partial charge in [0.05, 0.1) is 6.42 Å². The Morgan fingerprint density at radius 2 is 1.92 bits per heavy atom. The molecule has 67 valence electrons. The van der Waals surface area contributed by atoms with E-state index in [4.69, 9.17) is 10.8 Å². The van der Waals surface area contributed by atoms with Crippen molar-refractivity contribution in [3.8, 4) is 0 Å². The van der Waals surface area contributed by atoms with Gasteiger partial charge in [0.1, 0.15) is 0 Å². The molecule has 0 unspecified atom stereocenters. The minimum absolute atomic E-state index is 0.213. The van der Waals surface area contributed by atoms with Crippen molar-refractivity contribution in [1.29, 1.82) is 0 Å². The van der Waals surface area contributed by atoms with E-state index in [9.17, 15) is 9.59 Å². The van der Waals surface area contributed by atoms with Gasteiger partial charge in [0.2, 0.25) is 5.91 Å². The van der Waals surface area contributed by atoms with Crippen molar-refractivity contribution >= 4 is 11.9 Å². The van der Waals surface area contributed by atoms with Gasteiger partial charge in [-0.05, 0) is 11.6 Å². The van der Waals surface area contributed by atoms with Crippen LogP contribution in [-0.4, -0.2) is 17.0 Å². The van der Waals surface area contributed by atoms with Crippen LogP contribution in [0.4, 0.5) is 0 Å². The third-order valence-electron chi connectivity index (χ3n) is 1.51. The topological polar surface area (TPSA) is 80.4 Å². The lowest BCUT2D eigenvalue weighted by Gasteiger charge is -2.01. The molecule has 3 N–H and O–H groups in total. The number of carbonyl (C=O) groups is 2. The van der Waals surface area contributed by atoms with Gasteiger partial charge in [0, 0.05) is 5.56 Å². The summed E-state index contributed by atoms with van der Waals surface area (Å²) in [6, 6.07) is 6.27. The zero-order valence-electron chi connectivity index (χ0n) is 6.73. The zero-order valence-corrected chi connectivity index (χ0v) is 6.73. The number of aliphatic carboxylic acids is 1. The smallest absolute Gasteiger partial charge is 0.312 e. The molecule has 0 aliphatic carbocycles. The van der Waals surface area contributed by atoms with Crippen molar-refractivity contribution in [2.24, 2.45) is 5.73 Å². The molecule has 1 amide bonds. The van der Waals surface area contributed by atoms with Crippen molar-refractivity contribution in [3.63, 3.8) is 0 Å². The molecule has 1 rings (SSSR count). The Kier molecular flexibility index (Phi) is 2.64. The molecule has 0 spiro atoms. The Morgan fingerprint density at radius 3 is 2.46 bits per heavy atom. The first-order valence-corrected chi connectivity index (χ1v) is 3.58. The molecule has 0 atom stereocenters. The third kappa shape index (κ3) is 2.30. The molecule has 0 saturated carbocycles. The van der Waals surface area contributed by atoms with Crippen LogP contribution in [-0.2, 0) is 4.79 Å². The number of carboxylic acids is 1. The van der Waals surface area contributed by atoms with Crippen LogP contribution in [0, 0.1) is 6.42 Å². The molecule has 1 aromatic rings. The number of benzene rings is 1. The van der Waals surface area contributed by atoms with Gasteiger partial charge in [0.15, 0.2) is 0 Å². The minimum Gasteiger partial charge on any atom is -0.481 e. The van der Waals surface area contributed by atoms with Crippen LogP contribution in [0.1, 0.15) is 15.9 Å². The first-order valence-electron chi connectivity index (χ1n) is 3.58. The number of primary amides is 1. The van der Waals surface area contributed by atoms with Gasteiger partial charge in [-0.1, -0.05) is 18.2 Å². The number of nitrogens with two attached hydrogens (primary N) is 1. The van der Waals surface area contributed by atoms with E-state index in [0.29, 0.717) is 5.56 Å². The summed E-state index contributed by atoms with van der Waals surface area (Å²) >= 11 is 0. The number of carbonyl (C=O) groups excluding carboxylic acids is 1. The van der Waals surface area contributed by atoms with Gasteiger partial charge in [-0.2, -0.15) is 0 Å². The largest absolute Gasteiger partial charge is 0.481 e. The van der Waals surface area contributed by atoms with E-state index in [1.807, 2.05) is 0 Å². The number of rotatable bonds is 3. The summed E-state index contributed by atoms with van der Waals surface area (Å²) in [6.45, 7) is 0. The molecule has 1 aromatic carbocycles. The number of hydrogen-bond acceptors (Lipinski definition) is 2. The highest BCUT2D eigenvalue weighted by Gasteiger charge is 2.09. The minimum atomic E-state index is -1.10. The van der Waals surface area contributed by atoms with E-state index in [-0.39, 0.29) is 5.56 Å². The van der Waals surface area contributed by atoms with E-state index in [0.717, 1.165) is 6.42 Å². The molecule has 0 heterocycles. The standard InChI is InChI=1S/C9H8NO3/c10-9(13)7-4-2-1-3-6(7)5-8(11)12/h1-5H,(H2,10,13)(H,11,12). The Hall–Kier alpha value is -1.84. The van der Waals surface area contributed by atoms with Gasteiger partial charge < -0.3 is 10.8 Å². The SMILES string of the molecule is NC(=O)c1ccccc1[CH]C(=O)O. The van der Waals surface area contributed by atoms with Crippen LogP contribution in [0.3, 0.4) is 0 Å². The van der Waals surface area contributed by atoms with Gasteiger partial charge >= 0.3 is 5.97 Å². The van der Waals surface area contributed by atoms with Gasteiger partial charge in [0.25, 0.3) is 0 Å². The van der Waals surface area contributed by atoms with Crippen molar-refractivity contribution in [1.82, 2.24) is 0 Å². The van der Waals surface area contributed by atoms with E-state index in [1.165, 1.54) is 12.1 Å². The van der Waals surface area contributed by atoms with E-state index in [2.05, 4.69) is 0 Å². The molecule has 1 radical (unpaired) electrons. The van der Waals surface area contributed by atoms with Gasteiger partial charge in [-0.15, -0.1) is 0 Å². The summed E-state index contributed by atoms with van der Waals surface area (Å²) in [5, 5.41) is 8.47. The first-order chi connectivity index (χ1) is 6.11. The molecule has 4 nitrogen and oxygen atoms in total. The third-order valence-corrected chi connectivity index (χ3v) is 1.51. The highest BCUT2D eigenvalue weighted by Crippen LogP contribution is 2.09. The van der Waals surface area contributed by atoms with Crippen molar-refractivity contribution in [3.05, 3.63) is 41.8 Å². The molecule has 4 heteroatoms. The monoisotopic (exact) mass is 178 g/mol. The van der Waals surface area contributed by atoms with Crippen LogP contribution in [0.5, 0.6) is 0 Å². The average Bonchev–Trinajstić information content (AvgIpc) is 2.03. The number of amides is 1. The highest BCUT2D eigenvalue weighted by atomic mass is 16.4. The Bertz CT molecular complexity index is 346. The maximum atomic E-state index is 10.8. The molecule has 0 aliphatic heterocycles. The van der Waals surface area contributed by atoms with Crippen LogP contribution >= 0.6 is 0 Å². The Morgan fingerprint density at radius 1 is 1.31 bits per heavy atom. The second-order valence-corrected chi connectivity index (χ2v) is 2.43. The van der Waals surface area contributed by atoms with Crippen LogP contribution < -0.4 is 5.73 Å². The maximum Gasteiger partial charge on any atom is 0.312 e. The predicted octanol–water partition coefficient (Wildman–Crippen LogP) is 0.422. The predicted molar refractivity (Wildman–Crippen MR) is 46.0 cm³/mol. The van der Waals surface area contributed by atoms with E-state index < -0.39 is 11.9 Å².